The van der Waals surface area contributed by atoms with Crippen LogP contribution in [0.5, 0.6) is 11.5 Å². The van der Waals surface area contributed by atoms with Crippen LogP contribution in [0.25, 0.3) is 0 Å². The van der Waals surface area contributed by atoms with E-state index < -0.39 is 0 Å². The lowest BCUT2D eigenvalue weighted by Gasteiger charge is -2.12. The fraction of sp³-hybridized carbons (Fsp3) is 0.647. The summed E-state index contributed by atoms with van der Waals surface area (Å²) >= 11 is 0. The van der Waals surface area contributed by atoms with E-state index in [2.05, 4.69) is 18.3 Å². The lowest BCUT2D eigenvalue weighted by Crippen LogP contribution is -2.16. The Bertz CT molecular complexity index is 382. The fourth-order valence-corrected chi connectivity index (χ4v) is 2.05. The molecule has 0 heterocycles. The van der Waals surface area contributed by atoms with Gasteiger partial charge in [0.15, 0.2) is 11.5 Å². The Morgan fingerprint density at radius 3 is 2.57 bits per heavy atom. The number of unbranched alkanes of at least 4 members (excludes halogenated alkanes) is 2. The molecule has 4 nitrogen and oxygen atoms in total. The molecule has 0 aliphatic rings. The Morgan fingerprint density at radius 1 is 1.00 bits per heavy atom. The number of methoxy groups -OCH3 is 2. The van der Waals surface area contributed by atoms with Crippen LogP contribution in [0.15, 0.2) is 18.2 Å². The summed E-state index contributed by atoms with van der Waals surface area (Å²) < 4.78 is 16.2. The van der Waals surface area contributed by atoms with E-state index in [9.17, 15) is 0 Å². The van der Waals surface area contributed by atoms with Gasteiger partial charge in [0.05, 0.1) is 13.7 Å². The summed E-state index contributed by atoms with van der Waals surface area (Å²) in [6.07, 6.45) is 4.51. The molecule has 4 heteroatoms. The average molecular weight is 295 g/mol. The number of hydrogen-bond donors (Lipinski definition) is 1. The third-order valence-corrected chi connectivity index (χ3v) is 3.26. The van der Waals surface area contributed by atoms with Crippen LogP contribution in [0.3, 0.4) is 0 Å². The summed E-state index contributed by atoms with van der Waals surface area (Å²) in [5.41, 5.74) is 1.20. The highest BCUT2D eigenvalue weighted by molar-refractivity contribution is 5.42. The standard InChI is InChI=1S/C17H29NO3/c1-4-5-6-12-21-16-9-8-15(13-17(16)20-3)14-18-10-7-11-19-2/h8-9,13,18H,4-7,10-12,14H2,1-3H3. The molecule has 0 saturated heterocycles. The minimum absolute atomic E-state index is 0.749. The van der Waals surface area contributed by atoms with E-state index in [1.165, 1.54) is 18.4 Å². The predicted molar refractivity (Wildman–Crippen MR) is 86.2 cm³/mol. The molecule has 0 fully saturated rings. The van der Waals surface area contributed by atoms with Crippen molar-refractivity contribution in [2.75, 3.05) is 34.0 Å². The van der Waals surface area contributed by atoms with E-state index in [1.54, 1.807) is 14.2 Å². The highest BCUT2D eigenvalue weighted by Crippen LogP contribution is 2.28. The minimum atomic E-state index is 0.749. The van der Waals surface area contributed by atoms with Gasteiger partial charge in [0, 0.05) is 20.3 Å². The van der Waals surface area contributed by atoms with Crippen molar-refractivity contribution in [3.8, 4) is 11.5 Å². The summed E-state index contributed by atoms with van der Waals surface area (Å²) in [4.78, 5) is 0. The Hall–Kier alpha value is -1.26. The van der Waals surface area contributed by atoms with Crippen LogP contribution >= 0.6 is 0 Å². The van der Waals surface area contributed by atoms with Gasteiger partial charge in [0.2, 0.25) is 0 Å². The van der Waals surface area contributed by atoms with E-state index >= 15 is 0 Å². The van der Waals surface area contributed by atoms with E-state index in [1.807, 2.05) is 12.1 Å². The van der Waals surface area contributed by atoms with Gasteiger partial charge < -0.3 is 19.5 Å². The van der Waals surface area contributed by atoms with Crippen LogP contribution in [-0.2, 0) is 11.3 Å². The molecule has 0 aliphatic heterocycles. The Morgan fingerprint density at radius 2 is 1.86 bits per heavy atom. The van der Waals surface area contributed by atoms with Crippen LogP contribution in [0, 0.1) is 0 Å². The first-order valence-corrected chi connectivity index (χ1v) is 7.81. The quantitative estimate of drug-likeness (QED) is 0.600. The summed E-state index contributed by atoms with van der Waals surface area (Å²) in [6, 6.07) is 6.12. The SMILES string of the molecule is CCCCCOc1ccc(CNCCCOC)cc1OC. The molecule has 0 saturated carbocycles. The molecule has 0 aromatic heterocycles. The predicted octanol–water partition coefficient (Wildman–Crippen LogP) is 3.39. The molecule has 1 aromatic carbocycles. The molecule has 0 radical (unpaired) electrons. The van der Waals surface area contributed by atoms with Gasteiger partial charge >= 0.3 is 0 Å². The third-order valence-electron chi connectivity index (χ3n) is 3.26. The van der Waals surface area contributed by atoms with E-state index in [-0.39, 0.29) is 0 Å². The van der Waals surface area contributed by atoms with Crippen LogP contribution in [-0.4, -0.2) is 34.0 Å². The van der Waals surface area contributed by atoms with E-state index in [0.29, 0.717) is 0 Å². The number of benzene rings is 1. The molecule has 0 unspecified atom stereocenters. The molecular formula is C17H29NO3. The van der Waals surface area contributed by atoms with Gasteiger partial charge in [-0.15, -0.1) is 0 Å². The van der Waals surface area contributed by atoms with Crippen LogP contribution in [0.2, 0.25) is 0 Å². The molecule has 1 N–H and O–H groups in total. The summed E-state index contributed by atoms with van der Waals surface area (Å²) in [7, 11) is 3.41. The molecule has 0 amide bonds. The normalized spacial score (nSPS) is 10.6. The summed E-state index contributed by atoms with van der Waals surface area (Å²) in [5.74, 6) is 1.64. The molecule has 0 bridgehead atoms. The first-order valence-electron chi connectivity index (χ1n) is 7.81. The van der Waals surface area contributed by atoms with Crippen molar-refractivity contribution in [2.45, 2.75) is 39.2 Å². The maximum absolute atomic E-state index is 5.78. The van der Waals surface area contributed by atoms with E-state index in [4.69, 9.17) is 14.2 Å². The van der Waals surface area contributed by atoms with E-state index in [0.717, 1.165) is 50.6 Å². The highest BCUT2D eigenvalue weighted by Gasteiger charge is 2.05. The lowest BCUT2D eigenvalue weighted by molar-refractivity contribution is 0.194. The zero-order chi connectivity index (χ0) is 15.3. The molecule has 21 heavy (non-hydrogen) atoms. The first kappa shape index (κ1) is 17.8. The summed E-state index contributed by atoms with van der Waals surface area (Å²) in [6.45, 7) is 5.51. The van der Waals surface area contributed by atoms with Crippen molar-refractivity contribution < 1.29 is 14.2 Å². The lowest BCUT2D eigenvalue weighted by atomic mass is 10.2. The maximum atomic E-state index is 5.78. The second-order valence-corrected chi connectivity index (χ2v) is 5.06. The average Bonchev–Trinajstić information content (AvgIpc) is 2.52. The minimum Gasteiger partial charge on any atom is -0.493 e. The maximum Gasteiger partial charge on any atom is 0.161 e. The summed E-state index contributed by atoms with van der Waals surface area (Å²) in [5, 5.41) is 3.39. The zero-order valence-electron chi connectivity index (χ0n) is 13.6. The van der Waals surface area contributed by atoms with Crippen LogP contribution < -0.4 is 14.8 Å². The van der Waals surface area contributed by atoms with Crippen molar-refractivity contribution in [3.63, 3.8) is 0 Å². The smallest absolute Gasteiger partial charge is 0.161 e. The topological polar surface area (TPSA) is 39.7 Å². The van der Waals surface area contributed by atoms with Crippen LogP contribution in [0.4, 0.5) is 0 Å². The van der Waals surface area contributed by atoms with Gasteiger partial charge in [-0.25, -0.2) is 0 Å². The molecule has 120 valence electrons. The molecule has 1 aromatic rings. The van der Waals surface area contributed by atoms with Gasteiger partial charge in [-0.2, -0.15) is 0 Å². The first-order chi connectivity index (χ1) is 10.3. The highest BCUT2D eigenvalue weighted by atomic mass is 16.5. The van der Waals surface area contributed by atoms with Crippen molar-refractivity contribution in [1.82, 2.24) is 5.32 Å². The Kier molecular flexibility index (Phi) is 9.66. The second kappa shape index (κ2) is 11.4. The zero-order valence-corrected chi connectivity index (χ0v) is 13.6. The van der Waals surface area contributed by atoms with Gasteiger partial charge in [-0.05, 0) is 37.1 Å². The number of rotatable bonds is 12. The van der Waals surface area contributed by atoms with Crippen LogP contribution in [0.1, 0.15) is 38.2 Å². The Labute approximate surface area is 128 Å². The molecule has 0 spiro atoms. The Balaban J connectivity index is 2.42. The molecule has 0 atom stereocenters. The number of ether oxygens (including phenoxy) is 3. The van der Waals surface area contributed by atoms with Crippen molar-refractivity contribution in [2.24, 2.45) is 0 Å². The molecule has 0 aliphatic carbocycles. The third kappa shape index (κ3) is 7.34. The fourth-order valence-electron chi connectivity index (χ4n) is 2.05. The molecular weight excluding hydrogens is 266 g/mol. The van der Waals surface area contributed by atoms with Gasteiger partial charge in [0.25, 0.3) is 0 Å². The van der Waals surface area contributed by atoms with Crippen molar-refractivity contribution in [3.05, 3.63) is 23.8 Å². The number of nitrogens with one attached hydrogen (secondary N) is 1. The van der Waals surface area contributed by atoms with Crippen molar-refractivity contribution in [1.29, 1.82) is 0 Å². The molecule has 1 rings (SSSR count). The van der Waals surface area contributed by atoms with Gasteiger partial charge in [-0.3, -0.25) is 0 Å². The second-order valence-electron chi connectivity index (χ2n) is 5.06. The monoisotopic (exact) mass is 295 g/mol. The van der Waals surface area contributed by atoms with Gasteiger partial charge in [0.1, 0.15) is 0 Å². The van der Waals surface area contributed by atoms with Crippen molar-refractivity contribution >= 4 is 0 Å². The largest absolute Gasteiger partial charge is 0.493 e. The number of hydrogen-bond acceptors (Lipinski definition) is 4. The van der Waals surface area contributed by atoms with Gasteiger partial charge in [-0.1, -0.05) is 25.8 Å².